The molecule has 3 aromatic rings. The number of rotatable bonds is 7. The van der Waals surface area contributed by atoms with Gasteiger partial charge in [0.15, 0.2) is 0 Å². The molecule has 0 unspecified atom stereocenters. The van der Waals surface area contributed by atoms with Crippen LogP contribution in [0, 0.1) is 13.8 Å². The fourth-order valence-electron chi connectivity index (χ4n) is 3.05. The summed E-state index contributed by atoms with van der Waals surface area (Å²) in [5, 5.41) is 3.67. The molecule has 0 saturated carbocycles. The van der Waals surface area contributed by atoms with Gasteiger partial charge in [0.25, 0.3) is 10.0 Å². The largest absolute Gasteiger partial charge is 0.350 e. The minimum Gasteiger partial charge on any atom is -0.350 e. The number of aryl methyl sites for hydroxylation is 2. The number of sulfonamides is 1. The Morgan fingerprint density at radius 1 is 0.968 bits per heavy atom. The zero-order valence-corrected chi connectivity index (χ0v) is 19.4. The van der Waals surface area contributed by atoms with Gasteiger partial charge in [-0.05, 0) is 60.9 Å². The average molecular weight is 477 g/mol. The lowest BCUT2D eigenvalue weighted by Gasteiger charge is -2.26. The molecule has 0 saturated heterocycles. The Labute approximate surface area is 192 Å². The molecule has 0 aliphatic rings. The number of hydrogen-bond donors (Lipinski definition) is 1. The van der Waals surface area contributed by atoms with E-state index in [0.717, 1.165) is 15.4 Å². The molecule has 0 fully saturated rings. The quantitative estimate of drug-likeness (QED) is 0.514. The van der Waals surface area contributed by atoms with Crippen LogP contribution in [0.2, 0.25) is 10.0 Å². The molecule has 0 atom stereocenters. The summed E-state index contributed by atoms with van der Waals surface area (Å²) in [5.41, 5.74) is 2.79. The summed E-state index contributed by atoms with van der Waals surface area (Å²) >= 11 is 12.1. The maximum atomic E-state index is 13.4. The van der Waals surface area contributed by atoms with Gasteiger partial charge in [-0.25, -0.2) is 8.42 Å². The number of carbonyl (C=O) groups is 1. The third-order valence-corrected chi connectivity index (χ3v) is 7.10. The van der Waals surface area contributed by atoms with Crippen LogP contribution in [0.5, 0.6) is 0 Å². The van der Waals surface area contributed by atoms with Crippen molar-refractivity contribution in [3.63, 3.8) is 0 Å². The van der Waals surface area contributed by atoms with Crippen LogP contribution in [0.25, 0.3) is 0 Å². The predicted octanol–water partition coefficient (Wildman–Crippen LogP) is 5.12. The summed E-state index contributed by atoms with van der Waals surface area (Å²) in [6.07, 6.45) is 0. The van der Waals surface area contributed by atoms with Crippen LogP contribution in [-0.2, 0) is 21.4 Å². The first-order valence-electron chi connectivity index (χ1n) is 9.54. The highest BCUT2D eigenvalue weighted by molar-refractivity contribution is 7.92. The van der Waals surface area contributed by atoms with Gasteiger partial charge in [-0.15, -0.1) is 0 Å². The second-order valence-corrected chi connectivity index (χ2v) is 9.83. The molecule has 0 bridgehead atoms. The van der Waals surface area contributed by atoms with Crippen molar-refractivity contribution in [3.8, 4) is 0 Å². The summed E-state index contributed by atoms with van der Waals surface area (Å²) in [7, 11) is -3.96. The van der Waals surface area contributed by atoms with Crippen molar-refractivity contribution in [3.05, 3.63) is 93.5 Å². The highest BCUT2D eigenvalue weighted by Crippen LogP contribution is 2.28. The Hall–Kier alpha value is -2.54. The molecule has 0 aliphatic carbocycles. The molecule has 3 aromatic carbocycles. The molecule has 3 rings (SSSR count). The highest BCUT2D eigenvalue weighted by Gasteiger charge is 2.28. The van der Waals surface area contributed by atoms with Gasteiger partial charge < -0.3 is 5.32 Å². The second-order valence-electron chi connectivity index (χ2n) is 7.13. The molecule has 0 heterocycles. The van der Waals surface area contributed by atoms with Gasteiger partial charge in [0, 0.05) is 16.6 Å². The summed E-state index contributed by atoms with van der Waals surface area (Å²) in [6, 6.07) is 18.5. The van der Waals surface area contributed by atoms with Gasteiger partial charge in [-0.2, -0.15) is 0 Å². The maximum Gasteiger partial charge on any atom is 0.264 e. The predicted molar refractivity (Wildman–Crippen MR) is 125 cm³/mol. The summed E-state index contributed by atoms with van der Waals surface area (Å²) < 4.78 is 28.0. The highest BCUT2D eigenvalue weighted by atomic mass is 35.5. The molecule has 0 aromatic heterocycles. The van der Waals surface area contributed by atoms with E-state index in [0.29, 0.717) is 21.3 Å². The first-order valence-corrected chi connectivity index (χ1v) is 11.7. The lowest BCUT2D eigenvalue weighted by Crippen LogP contribution is -2.41. The lowest BCUT2D eigenvalue weighted by molar-refractivity contribution is -0.119. The van der Waals surface area contributed by atoms with Crippen molar-refractivity contribution in [1.29, 1.82) is 0 Å². The van der Waals surface area contributed by atoms with Crippen LogP contribution >= 0.6 is 23.2 Å². The molecule has 8 heteroatoms. The number of nitrogens with zero attached hydrogens (tertiary/aromatic N) is 1. The number of hydrogen-bond acceptors (Lipinski definition) is 3. The van der Waals surface area contributed by atoms with E-state index in [4.69, 9.17) is 23.2 Å². The van der Waals surface area contributed by atoms with E-state index in [1.165, 1.54) is 12.1 Å². The lowest BCUT2D eigenvalue weighted by atomic mass is 10.1. The van der Waals surface area contributed by atoms with Crippen molar-refractivity contribution < 1.29 is 13.2 Å². The van der Waals surface area contributed by atoms with E-state index in [9.17, 15) is 13.2 Å². The van der Waals surface area contributed by atoms with Crippen LogP contribution < -0.4 is 9.62 Å². The molecule has 0 aliphatic heterocycles. The van der Waals surface area contributed by atoms with E-state index in [1.807, 2.05) is 26.0 Å². The van der Waals surface area contributed by atoms with Crippen molar-refractivity contribution in [2.45, 2.75) is 25.3 Å². The van der Waals surface area contributed by atoms with Gasteiger partial charge in [0.1, 0.15) is 6.54 Å². The summed E-state index contributed by atoms with van der Waals surface area (Å²) in [6.45, 7) is 3.47. The Morgan fingerprint density at radius 2 is 1.68 bits per heavy atom. The van der Waals surface area contributed by atoms with Crippen LogP contribution in [-0.4, -0.2) is 20.9 Å². The molecule has 1 N–H and O–H groups in total. The normalized spacial score (nSPS) is 11.2. The minimum atomic E-state index is -3.96. The van der Waals surface area contributed by atoms with Crippen LogP contribution in [0.1, 0.15) is 16.7 Å². The molecule has 162 valence electrons. The molecule has 0 spiro atoms. The zero-order valence-electron chi connectivity index (χ0n) is 17.1. The first kappa shape index (κ1) is 23.1. The maximum absolute atomic E-state index is 13.4. The Bertz CT molecular complexity index is 1200. The summed E-state index contributed by atoms with van der Waals surface area (Å²) in [5.74, 6) is -0.452. The van der Waals surface area contributed by atoms with E-state index in [-0.39, 0.29) is 18.0 Å². The fraction of sp³-hybridized carbons (Fsp3) is 0.174. The number of nitrogens with one attached hydrogen (secondary N) is 1. The Morgan fingerprint density at radius 3 is 2.35 bits per heavy atom. The molecule has 0 radical (unpaired) electrons. The standard InChI is InChI=1S/C23H22Cl2N2O3S/c1-16-8-9-17(2)22(12-16)27(31(29,30)20-6-4-3-5-7-20)15-23(28)26-14-18-10-11-19(24)13-21(18)25/h3-13H,14-15H2,1-2H3,(H,26,28). The van der Waals surface area contributed by atoms with Gasteiger partial charge in [0.05, 0.1) is 10.6 Å². The van der Waals surface area contributed by atoms with Crippen molar-refractivity contribution in [2.75, 3.05) is 10.8 Å². The fourth-order valence-corrected chi connectivity index (χ4v) is 5.03. The Kier molecular flexibility index (Phi) is 7.26. The van der Waals surface area contributed by atoms with E-state index in [2.05, 4.69) is 5.32 Å². The summed E-state index contributed by atoms with van der Waals surface area (Å²) in [4.78, 5) is 12.9. The smallest absolute Gasteiger partial charge is 0.264 e. The SMILES string of the molecule is Cc1ccc(C)c(N(CC(=O)NCc2ccc(Cl)cc2Cl)S(=O)(=O)c2ccccc2)c1. The van der Waals surface area contributed by atoms with Gasteiger partial charge in [-0.1, -0.05) is 59.6 Å². The van der Waals surface area contributed by atoms with Crippen LogP contribution in [0.15, 0.2) is 71.6 Å². The molecular weight excluding hydrogens is 455 g/mol. The number of benzene rings is 3. The van der Waals surface area contributed by atoms with Crippen molar-refractivity contribution in [1.82, 2.24) is 5.32 Å². The number of anilines is 1. The number of carbonyl (C=O) groups excluding carboxylic acids is 1. The van der Waals surface area contributed by atoms with Crippen LogP contribution in [0.4, 0.5) is 5.69 Å². The molecule has 1 amide bonds. The monoisotopic (exact) mass is 476 g/mol. The molecule has 5 nitrogen and oxygen atoms in total. The second kappa shape index (κ2) is 9.73. The average Bonchev–Trinajstić information content (AvgIpc) is 2.74. The first-order chi connectivity index (χ1) is 14.7. The topological polar surface area (TPSA) is 66.5 Å². The number of amides is 1. The minimum absolute atomic E-state index is 0.115. The van der Waals surface area contributed by atoms with E-state index in [1.54, 1.807) is 42.5 Å². The van der Waals surface area contributed by atoms with Crippen LogP contribution in [0.3, 0.4) is 0 Å². The van der Waals surface area contributed by atoms with Gasteiger partial charge in [0.2, 0.25) is 5.91 Å². The van der Waals surface area contributed by atoms with E-state index < -0.39 is 15.9 Å². The third-order valence-electron chi connectivity index (χ3n) is 4.74. The van der Waals surface area contributed by atoms with Crippen molar-refractivity contribution >= 4 is 44.8 Å². The number of halogens is 2. The Balaban J connectivity index is 1.89. The van der Waals surface area contributed by atoms with Gasteiger partial charge >= 0.3 is 0 Å². The van der Waals surface area contributed by atoms with Gasteiger partial charge in [-0.3, -0.25) is 9.10 Å². The molecular formula is C23H22Cl2N2O3S. The van der Waals surface area contributed by atoms with Crippen molar-refractivity contribution in [2.24, 2.45) is 0 Å². The van der Waals surface area contributed by atoms with E-state index >= 15 is 0 Å². The zero-order chi connectivity index (χ0) is 22.6. The molecule has 31 heavy (non-hydrogen) atoms. The third kappa shape index (κ3) is 5.58.